The highest BCUT2D eigenvalue weighted by Gasteiger charge is 2.26. The van der Waals surface area contributed by atoms with Gasteiger partial charge in [0.2, 0.25) is 11.8 Å². The van der Waals surface area contributed by atoms with E-state index in [9.17, 15) is 14.7 Å². The Hall–Kier alpha value is -3.07. The van der Waals surface area contributed by atoms with Crippen molar-refractivity contribution in [1.29, 1.82) is 0 Å². The van der Waals surface area contributed by atoms with Gasteiger partial charge in [0, 0.05) is 24.0 Å². The maximum atomic E-state index is 11.8. The van der Waals surface area contributed by atoms with Crippen LogP contribution in [0, 0.1) is 0 Å². The Labute approximate surface area is 208 Å². The van der Waals surface area contributed by atoms with Gasteiger partial charge in [-0.25, -0.2) is 4.79 Å². The van der Waals surface area contributed by atoms with Gasteiger partial charge in [-0.15, -0.1) is 0 Å². The van der Waals surface area contributed by atoms with Gasteiger partial charge in [-0.05, 0) is 42.8 Å². The van der Waals surface area contributed by atoms with Crippen molar-refractivity contribution in [2.75, 3.05) is 0 Å². The molecule has 34 heavy (non-hydrogen) atoms. The SMILES string of the molecule is CC(C)NCc1c(C(=O)O)nn(-c2ccccc2Cl)c1Oc1ccc(Cl)cc1.CCCC(N)=O. The number of benzene rings is 2. The van der Waals surface area contributed by atoms with Crippen LogP contribution in [-0.4, -0.2) is 32.8 Å². The first-order valence-corrected chi connectivity index (χ1v) is 11.4. The van der Waals surface area contributed by atoms with Gasteiger partial charge in [0.05, 0.1) is 16.3 Å². The van der Waals surface area contributed by atoms with E-state index in [1.54, 1.807) is 48.5 Å². The number of nitrogens with one attached hydrogen (secondary N) is 1. The number of nitrogens with zero attached hydrogens (tertiary/aromatic N) is 2. The summed E-state index contributed by atoms with van der Waals surface area (Å²) in [6.07, 6.45) is 1.37. The minimum absolute atomic E-state index is 0.1000. The molecule has 0 bridgehead atoms. The van der Waals surface area contributed by atoms with Gasteiger partial charge in [-0.1, -0.05) is 56.1 Å². The van der Waals surface area contributed by atoms with Crippen LogP contribution >= 0.6 is 23.2 Å². The van der Waals surface area contributed by atoms with E-state index in [0.29, 0.717) is 33.5 Å². The number of aromatic carboxylic acids is 1. The lowest BCUT2D eigenvalue weighted by Gasteiger charge is -2.13. The zero-order chi connectivity index (χ0) is 25.3. The van der Waals surface area contributed by atoms with Crippen molar-refractivity contribution in [3.8, 4) is 17.3 Å². The summed E-state index contributed by atoms with van der Waals surface area (Å²) in [5.74, 6) is -0.578. The van der Waals surface area contributed by atoms with E-state index < -0.39 is 5.97 Å². The number of rotatable bonds is 9. The standard InChI is InChI=1S/C20H19Cl2N3O3.C4H9NO/c1-12(2)23-11-15-18(20(26)27)24-25(17-6-4-3-5-16(17)22)19(15)28-14-9-7-13(21)8-10-14;1-2-3-4(5)6/h3-10,12,23H,11H2,1-2H3,(H,26,27);2-3H2,1H3,(H2,5,6). The van der Waals surface area contributed by atoms with E-state index in [1.165, 1.54) is 4.68 Å². The maximum Gasteiger partial charge on any atom is 0.356 e. The number of ether oxygens (including phenoxy) is 1. The quantitative estimate of drug-likeness (QED) is 0.355. The molecule has 0 saturated carbocycles. The first kappa shape index (κ1) is 27.2. The summed E-state index contributed by atoms with van der Waals surface area (Å²) in [6, 6.07) is 14.0. The Morgan fingerprint density at radius 2 is 1.79 bits per heavy atom. The number of carboxylic acids is 1. The number of halogens is 2. The molecule has 3 rings (SSSR count). The second-order valence-electron chi connectivity index (χ2n) is 7.61. The van der Waals surface area contributed by atoms with E-state index in [0.717, 1.165) is 6.42 Å². The molecule has 2 aromatic carbocycles. The summed E-state index contributed by atoms with van der Waals surface area (Å²) < 4.78 is 7.46. The molecular formula is C24H28Cl2N4O4. The molecule has 8 nitrogen and oxygen atoms in total. The largest absolute Gasteiger partial charge is 0.476 e. The topological polar surface area (TPSA) is 119 Å². The van der Waals surface area contributed by atoms with E-state index in [-0.39, 0.29) is 30.1 Å². The summed E-state index contributed by atoms with van der Waals surface area (Å²) in [5.41, 5.74) is 5.61. The van der Waals surface area contributed by atoms with Crippen LogP contribution in [0.25, 0.3) is 5.69 Å². The molecule has 0 spiro atoms. The molecule has 0 atom stereocenters. The highest BCUT2D eigenvalue weighted by Crippen LogP contribution is 2.33. The van der Waals surface area contributed by atoms with Gasteiger partial charge in [-0.3, -0.25) is 4.79 Å². The molecule has 0 fully saturated rings. The highest BCUT2D eigenvalue weighted by molar-refractivity contribution is 6.32. The Morgan fingerprint density at radius 1 is 1.15 bits per heavy atom. The highest BCUT2D eigenvalue weighted by atomic mass is 35.5. The van der Waals surface area contributed by atoms with Crippen LogP contribution < -0.4 is 15.8 Å². The fourth-order valence-electron chi connectivity index (χ4n) is 2.82. The van der Waals surface area contributed by atoms with Crippen LogP contribution in [0.3, 0.4) is 0 Å². The van der Waals surface area contributed by atoms with E-state index in [4.69, 9.17) is 33.7 Å². The predicted octanol–water partition coefficient (Wildman–Crippen LogP) is 5.44. The lowest BCUT2D eigenvalue weighted by atomic mass is 10.2. The van der Waals surface area contributed by atoms with Crippen molar-refractivity contribution in [1.82, 2.24) is 15.1 Å². The number of hydrogen-bond donors (Lipinski definition) is 3. The van der Waals surface area contributed by atoms with Crippen molar-refractivity contribution in [3.63, 3.8) is 0 Å². The monoisotopic (exact) mass is 506 g/mol. The van der Waals surface area contributed by atoms with Gasteiger partial charge in [0.15, 0.2) is 5.69 Å². The van der Waals surface area contributed by atoms with E-state index in [1.807, 2.05) is 20.8 Å². The van der Waals surface area contributed by atoms with Crippen LogP contribution in [0.4, 0.5) is 0 Å². The normalized spacial score (nSPS) is 10.5. The van der Waals surface area contributed by atoms with Crippen LogP contribution in [0.15, 0.2) is 48.5 Å². The molecule has 182 valence electrons. The van der Waals surface area contributed by atoms with Crippen molar-refractivity contribution in [2.24, 2.45) is 5.73 Å². The molecule has 10 heteroatoms. The molecular weight excluding hydrogens is 479 g/mol. The van der Waals surface area contributed by atoms with Crippen molar-refractivity contribution in [2.45, 2.75) is 46.2 Å². The van der Waals surface area contributed by atoms with Crippen molar-refractivity contribution < 1.29 is 19.4 Å². The molecule has 4 N–H and O–H groups in total. The third-order valence-corrected chi connectivity index (χ3v) is 5.00. The molecule has 1 amide bonds. The van der Waals surface area contributed by atoms with Gasteiger partial charge in [-0.2, -0.15) is 9.78 Å². The second-order valence-corrected chi connectivity index (χ2v) is 8.45. The van der Waals surface area contributed by atoms with Gasteiger partial charge < -0.3 is 20.9 Å². The zero-order valence-corrected chi connectivity index (χ0v) is 20.7. The summed E-state index contributed by atoms with van der Waals surface area (Å²) in [7, 11) is 0. The number of primary amides is 1. The number of hydrogen-bond acceptors (Lipinski definition) is 5. The molecule has 0 aliphatic carbocycles. The number of para-hydroxylation sites is 1. The lowest BCUT2D eigenvalue weighted by Crippen LogP contribution is -2.23. The number of carbonyl (C=O) groups excluding carboxylic acids is 1. The Morgan fingerprint density at radius 3 is 2.29 bits per heavy atom. The zero-order valence-electron chi connectivity index (χ0n) is 19.2. The Balaban J connectivity index is 0.000000604. The number of nitrogens with two attached hydrogens (primary N) is 1. The number of amides is 1. The number of carboxylic acid groups (broad SMARTS) is 1. The fourth-order valence-corrected chi connectivity index (χ4v) is 3.17. The van der Waals surface area contributed by atoms with E-state index >= 15 is 0 Å². The Kier molecular flexibility index (Phi) is 10.4. The van der Waals surface area contributed by atoms with Gasteiger partial charge in [0.1, 0.15) is 5.75 Å². The maximum absolute atomic E-state index is 11.8. The summed E-state index contributed by atoms with van der Waals surface area (Å²) >= 11 is 12.3. The Bertz CT molecular complexity index is 1110. The average Bonchev–Trinajstić information content (AvgIpc) is 3.12. The number of aromatic nitrogens is 2. The van der Waals surface area contributed by atoms with Crippen LogP contribution in [0.2, 0.25) is 10.0 Å². The van der Waals surface area contributed by atoms with Crippen LogP contribution in [0.1, 0.15) is 49.7 Å². The molecule has 0 saturated heterocycles. The van der Waals surface area contributed by atoms with Crippen molar-refractivity contribution >= 4 is 35.1 Å². The molecule has 1 heterocycles. The van der Waals surface area contributed by atoms with Crippen LogP contribution in [-0.2, 0) is 11.3 Å². The van der Waals surface area contributed by atoms with Gasteiger partial charge >= 0.3 is 5.97 Å². The predicted molar refractivity (Wildman–Crippen MR) is 133 cm³/mol. The minimum Gasteiger partial charge on any atom is -0.476 e. The van der Waals surface area contributed by atoms with Crippen LogP contribution in [0.5, 0.6) is 11.6 Å². The smallest absolute Gasteiger partial charge is 0.356 e. The lowest BCUT2D eigenvalue weighted by molar-refractivity contribution is -0.118. The van der Waals surface area contributed by atoms with E-state index in [2.05, 4.69) is 10.4 Å². The molecule has 0 unspecified atom stereocenters. The third kappa shape index (κ3) is 7.76. The third-order valence-electron chi connectivity index (χ3n) is 4.43. The molecule has 0 aliphatic rings. The molecule has 3 aromatic rings. The molecule has 0 radical (unpaired) electrons. The average molecular weight is 507 g/mol. The molecule has 0 aliphatic heterocycles. The summed E-state index contributed by atoms with van der Waals surface area (Å²) in [4.78, 5) is 21.7. The first-order valence-electron chi connectivity index (χ1n) is 10.7. The summed E-state index contributed by atoms with van der Waals surface area (Å²) in [6.45, 7) is 6.13. The first-order chi connectivity index (χ1) is 16.1. The summed E-state index contributed by atoms with van der Waals surface area (Å²) in [5, 5.41) is 18.2. The minimum atomic E-state index is -1.15. The fraction of sp³-hybridized carbons (Fsp3) is 0.292. The number of carbonyl (C=O) groups is 2. The second kappa shape index (κ2) is 13.0. The van der Waals surface area contributed by atoms with Gasteiger partial charge in [0.25, 0.3) is 0 Å². The molecule has 1 aromatic heterocycles. The van der Waals surface area contributed by atoms with Crippen molar-refractivity contribution in [3.05, 3.63) is 69.8 Å².